The highest BCUT2D eigenvalue weighted by Crippen LogP contribution is 2.17. The van der Waals surface area contributed by atoms with E-state index >= 15 is 0 Å². The number of hydrogen-bond donors (Lipinski definition) is 2. The van der Waals surface area contributed by atoms with Crippen LogP contribution in [0.1, 0.15) is 31.1 Å². The molecular formula is C18H21NO2. The molecule has 2 rings (SSSR count). The van der Waals surface area contributed by atoms with Crippen molar-refractivity contribution in [1.82, 2.24) is 0 Å². The molecule has 0 aliphatic rings. The van der Waals surface area contributed by atoms with Crippen LogP contribution < -0.4 is 0 Å². The average molecular weight is 284 g/mol. The molecule has 0 aliphatic heterocycles. The van der Waals surface area contributed by atoms with E-state index in [1.807, 2.05) is 54.6 Å². The molecule has 2 N–H and O–H groups in total. The molecule has 3 heteroatoms. The summed E-state index contributed by atoms with van der Waals surface area (Å²) in [5.74, 6) is -0.160. The molecule has 0 aromatic heterocycles. The zero-order chi connectivity index (χ0) is 15.9. The van der Waals surface area contributed by atoms with E-state index in [9.17, 15) is 5.11 Å². The van der Waals surface area contributed by atoms with Crippen LogP contribution in [0.5, 0.6) is 0 Å². The second kappa shape index (κ2) is 7.60. The van der Waals surface area contributed by atoms with Crippen molar-refractivity contribution in [1.29, 1.82) is 5.41 Å². The van der Waals surface area contributed by atoms with Crippen LogP contribution in [0.25, 0.3) is 0 Å². The molecule has 0 radical (unpaired) electrons. The third kappa shape index (κ3) is 4.43. The highest BCUT2D eigenvalue weighted by Gasteiger charge is 2.13. The lowest BCUT2D eigenvalue weighted by Crippen LogP contribution is -2.15. The number of nitrogens with one attached hydrogen (secondary N) is 1. The number of aryl methyl sites for hydroxylation is 1. The first-order valence-electron chi connectivity index (χ1n) is 7.65. The van der Waals surface area contributed by atoms with E-state index in [1.165, 1.54) is 5.56 Å². The normalized spacial score (nSPS) is 14.1. The molecule has 1 unspecified atom stereocenters. The SMILES string of the molecule is [2H]C(C(=N)O[C@@H](CO)c1ccccc1)c1ccc(CC)cc1. The Bertz CT molecular complexity index is 598. The maximum Gasteiger partial charge on any atom is 0.185 e. The third-order valence-electron chi connectivity index (χ3n) is 3.29. The van der Waals surface area contributed by atoms with E-state index in [1.54, 1.807) is 0 Å². The molecule has 0 amide bonds. The van der Waals surface area contributed by atoms with E-state index in [4.69, 9.17) is 11.5 Å². The first-order valence-corrected chi connectivity index (χ1v) is 7.07. The van der Waals surface area contributed by atoms with Gasteiger partial charge in [-0.15, -0.1) is 0 Å². The van der Waals surface area contributed by atoms with Crippen LogP contribution >= 0.6 is 0 Å². The van der Waals surface area contributed by atoms with Gasteiger partial charge in [-0.25, -0.2) is 0 Å². The summed E-state index contributed by atoms with van der Waals surface area (Å²) in [6.45, 7) is 1.85. The molecule has 0 saturated carbocycles. The lowest BCUT2D eigenvalue weighted by atomic mass is 10.1. The summed E-state index contributed by atoms with van der Waals surface area (Å²) in [4.78, 5) is 0. The van der Waals surface area contributed by atoms with Gasteiger partial charge in [-0.05, 0) is 23.1 Å². The van der Waals surface area contributed by atoms with Crippen LogP contribution in [0.4, 0.5) is 0 Å². The molecule has 0 aliphatic carbocycles. The summed E-state index contributed by atoms with van der Waals surface area (Å²) >= 11 is 0. The van der Waals surface area contributed by atoms with Gasteiger partial charge >= 0.3 is 0 Å². The van der Waals surface area contributed by atoms with Crippen LogP contribution in [0.3, 0.4) is 0 Å². The van der Waals surface area contributed by atoms with Crippen LogP contribution in [0.15, 0.2) is 54.6 Å². The second-order valence-electron chi connectivity index (χ2n) is 4.80. The molecule has 0 bridgehead atoms. The van der Waals surface area contributed by atoms with Crippen molar-refractivity contribution >= 4 is 5.90 Å². The molecule has 2 atom stereocenters. The van der Waals surface area contributed by atoms with Crippen LogP contribution in [-0.4, -0.2) is 17.6 Å². The molecule has 0 fully saturated rings. The zero-order valence-corrected chi connectivity index (χ0v) is 12.1. The smallest absolute Gasteiger partial charge is 0.185 e. The van der Waals surface area contributed by atoms with Crippen LogP contribution in [-0.2, 0) is 17.6 Å². The van der Waals surface area contributed by atoms with E-state index in [0.717, 1.165) is 12.0 Å². The minimum atomic E-state index is -0.885. The van der Waals surface area contributed by atoms with Gasteiger partial charge in [0.25, 0.3) is 0 Å². The van der Waals surface area contributed by atoms with Crippen molar-refractivity contribution in [3.8, 4) is 0 Å². The molecular weight excluding hydrogens is 262 g/mol. The number of hydrogen-bond acceptors (Lipinski definition) is 3. The quantitative estimate of drug-likeness (QED) is 0.630. The second-order valence-corrected chi connectivity index (χ2v) is 4.80. The summed E-state index contributed by atoms with van der Waals surface area (Å²) < 4.78 is 13.7. The standard InChI is InChI=1S/C18H21NO2/c1-2-14-8-10-15(11-9-14)12-18(19)21-17(13-20)16-6-4-3-5-7-16/h3-11,17,19-20H,2,12-13H2,1H3/t17-/m0/s1/i12D/t12?,17-. The van der Waals surface area contributed by atoms with Gasteiger partial charge in [-0.1, -0.05) is 61.5 Å². The lowest BCUT2D eigenvalue weighted by molar-refractivity contribution is 0.103. The highest BCUT2D eigenvalue weighted by molar-refractivity contribution is 5.75. The summed E-state index contributed by atoms with van der Waals surface area (Å²) in [5, 5.41) is 17.5. The van der Waals surface area contributed by atoms with Crippen molar-refractivity contribution in [2.24, 2.45) is 0 Å². The van der Waals surface area contributed by atoms with E-state index < -0.39 is 12.5 Å². The van der Waals surface area contributed by atoms with Crippen LogP contribution in [0, 0.1) is 5.41 Å². The Hall–Kier alpha value is -2.13. The molecule has 110 valence electrons. The molecule has 21 heavy (non-hydrogen) atoms. The third-order valence-corrected chi connectivity index (χ3v) is 3.29. The number of aliphatic hydroxyl groups is 1. The van der Waals surface area contributed by atoms with Crippen molar-refractivity contribution in [3.05, 3.63) is 71.3 Å². The summed E-state index contributed by atoms with van der Waals surface area (Å²) in [6.07, 6.45) is -0.558. The predicted molar refractivity (Wildman–Crippen MR) is 84.6 cm³/mol. The molecule has 3 nitrogen and oxygen atoms in total. The van der Waals surface area contributed by atoms with Gasteiger partial charge in [0.15, 0.2) is 5.90 Å². The Balaban J connectivity index is 2.06. The van der Waals surface area contributed by atoms with E-state index in [-0.39, 0.29) is 12.5 Å². The van der Waals surface area contributed by atoms with Crippen LogP contribution in [0.2, 0.25) is 0 Å². The fraction of sp³-hybridized carbons (Fsp3) is 0.278. The number of ether oxygens (including phenoxy) is 1. The topological polar surface area (TPSA) is 53.3 Å². The monoisotopic (exact) mass is 284 g/mol. The number of aliphatic hydroxyl groups excluding tert-OH is 1. The number of rotatable bonds is 6. The molecule has 2 aromatic rings. The van der Waals surface area contributed by atoms with Crippen molar-refractivity contribution < 1.29 is 11.2 Å². The van der Waals surface area contributed by atoms with Crippen molar-refractivity contribution in [3.63, 3.8) is 0 Å². The maximum atomic E-state index is 9.47. The Morgan fingerprint density at radius 1 is 1.14 bits per heavy atom. The molecule has 0 saturated heterocycles. The molecule has 0 heterocycles. The summed E-state index contributed by atoms with van der Waals surface area (Å²) in [7, 11) is 0. The first kappa shape index (κ1) is 13.8. The van der Waals surface area contributed by atoms with E-state index in [0.29, 0.717) is 5.56 Å². The largest absolute Gasteiger partial charge is 0.470 e. The van der Waals surface area contributed by atoms with Gasteiger partial charge in [0.1, 0.15) is 6.10 Å². The first-order chi connectivity index (χ1) is 10.7. The maximum absolute atomic E-state index is 9.47. The highest BCUT2D eigenvalue weighted by atomic mass is 16.5. The summed E-state index contributed by atoms with van der Waals surface area (Å²) in [6, 6.07) is 16.9. The Morgan fingerprint density at radius 2 is 1.76 bits per heavy atom. The van der Waals surface area contributed by atoms with Gasteiger partial charge in [0.2, 0.25) is 0 Å². The Labute approximate surface area is 127 Å². The average Bonchev–Trinajstić information content (AvgIpc) is 2.59. The van der Waals surface area contributed by atoms with Gasteiger partial charge < -0.3 is 9.84 Å². The minimum Gasteiger partial charge on any atom is -0.470 e. The van der Waals surface area contributed by atoms with Gasteiger partial charge in [0.05, 0.1) is 6.61 Å². The van der Waals surface area contributed by atoms with Gasteiger partial charge in [0, 0.05) is 7.77 Å². The summed E-state index contributed by atoms with van der Waals surface area (Å²) in [5.41, 5.74) is 2.70. The zero-order valence-electron chi connectivity index (χ0n) is 13.1. The fourth-order valence-corrected chi connectivity index (χ4v) is 2.07. The Kier molecular flexibility index (Phi) is 5.01. The number of benzene rings is 2. The van der Waals surface area contributed by atoms with Crippen molar-refractivity contribution in [2.75, 3.05) is 6.61 Å². The fourth-order valence-electron chi connectivity index (χ4n) is 2.07. The van der Waals surface area contributed by atoms with Crippen molar-refractivity contribution in [2.45, 2.75) is 25.8 Å². The predicted octanol–water partition coefficient (Wildman–Crippen LogP) is 3.52. The van der Waals surface area contributed by atoms with E-state index in [2.05, 4.69) is 6.92 Å². The molecule has 2 aromatic carbocycles. The molecule has 0 spiro atoms. The lowest BCUT2D eigenvalue weighted by Gasteiger charge is -2.17. The van der Waals surface area contributed by atoms with Gasteiger partial charge in [-0.3, -0.25) is 5.41 Å². The Morgan fingerprint density at radius 3 is 2.33 bits per heavy atom. The minimum absolute atomic E-state index is 0.160. The van der Waals surface area contributed by atoms with Gasteiger partial charge in [-0.2, -0.15) is 0 Å².